The minimum absolute atomic E-state index is 0.659. The quantitative estimate of drug-likeness (QED) is 0.785. The summed E-state index contributed by atoms with van der Waals surface area (Å²) in [6.45, 7) is 6.64. The fraction of sp³-hybridized carbons (Fsp3) is 0.294. The number of methoxy groups -OCH3 is 1. The largest absolute Gasteiger partial charge is 0.497 e. The van der Waals surface area contributed by atoms with Crippen molar-refractivity contribution in [1.29, 1.82) is 0 Å². The first-order chi connectivity index (χ1) is 9.35. The normalized spacial score (nSPS) is 9.26. The second-order valence-corrected chi connectivity index (χ2v) is 3.66. The van der Waals surface area contributed by atoms with Gasteiger partial charge in [0.1, 0.15) is 11.5 Å². The molecule has 0 radical (unpaired) electrons. The summed E-state index contributed by atoms with van der Waals surface area (Å²) < 4.78 is 10.9. The van der Waals surface area contributed by atoms with E-state index < -0.39 is 0 Å². The van der Waals surface area contributed by atoms with Crippen LogP contribution in [-0.2, 0) is 0 Å². The summed E-state index contributed by atoms with van der Waals surface area (Å²) in [4.78, 5) is 0. The average molecular weight is 258 g/mol. The van der Waals surface area contributed by atoms with Gasteiger partial charge in [-0.3, -0.25) is 0 Å². The second-order valence-electron chi connectivity index (χ2n) is 3.66. The molecule has 0 fully saturated rings. The van der Waals surface area contributed by atoms with Crippen molar-refractivity contribution in [3.63, 3.8) is 0 Å². The van der Waals surface area contributed by atoms with Crippen molar-refractivity contribution in [2.24, 2.45) is 0 Å². The molecule has 0 saturated heterocycles. The molecule has 2 nitrogen and oxygen atoms in total. The number of hydrogen-bond donors (Lipinski definition) is 0. The highest BCUT2D eigenvalue weighted by molar-refractivity contribution is 5.71. The van der Waals surface area contributed by atoms with E-state index in [2.05, 4.69) is 12.1 Å². The summed E-state index contributed by atoms with van der Waals surface area (Å²) in [6.07, 6.45) is 0. The Bertz CT molecular complexity index is 478. The van der Waals surface area contributed by atoms with Crippen LogP contribution < -0.4 is 9.47 Å². The Kier molecular flexibility index (Phi) is 6.51. The predicted molar refractivity (Wildman–Crippen MR) is 80.9 cm³/mol. The van der Waals surface area contributed by atoms with Crippen molar-refractivity contribution >= 4 is 0 Å². The molecule has 0 aliphatic heterocycles. The van der Waals surface area contributed by atoms with E-state index in [1.54, 1.807) is 7.11 Å². The molecule has 0 N–H and O–H groups in total. The molecule has 0 saturated carbocycles. The minimum Gasteiger partial charge on any atom is -0.497 e. The molecule has 19 heavy (non-hydrogen) atoms. The molecule has 0 atom stereocenters. The molecule has 0 spiro atoms. The smallest absolute Gasteiger partial charge is 0.127 e. The monoisotopic (exact) mass is 258 g/mol. The highest BCUT2D eigenvalue weighted by Gasteiger charge is 2.07. The van der Waals surface area contributed by atoms with Crippen molar-refractivity contribution < 1.29 is 9.47 Å². The molecular formula is C17H22O2. The van der Waals surface area contributed by atoms with Gasteiger partial charge in [-0.2, -0.15) is 0 Å². The SMILES string of the molecule is CC.CCOc1ccc(OC)cc1-c1ccccc1. The van der Waals surface area contributed by atoms with Crippen molar-refractivity contribution in [1.82, 2.24) is 0 Å². The molecule has 0 heterocycles. The van der Waals surface area contributed by atoms with E-state index in [9.17, 15) is 0 Å². The van der Waals surface area contributed by atoms with E-state index in [-0.39, 0.29) is 0 Å². The molecule has 2 rings (SSSR count). The van der Waals surface area contributed by atoms with Gasteiger partial charge < -0.3 is 9.47 Å². The Hall–Kier alpha value is -1.96. The third-order valence-corrected chi connectivity index (χ3v) is 2.57. The topological polar surface area (TPSA) is 18.5 Å². The number of hydrogen-bond acceptors (Lipinski definition) is 2. The lowest BCUT2D eigenvalue weighted by molar-refractivity contribution is 0.340. The lowest BCUT2D eigenvalue weighted by atomic mass is 10.0. The van der Waals surface area contributed by atoms with Gasteiger partial charge >= 0.3 is 0 Å². The highest BCUT2D eigenvalue weighted by atomic mass is 16.5. The fourth-order valence-corrected chi connectivity index (χ4v) is 1.76. The Morgan fingerprint density at radius 1 is 0.947 bits per heavy atom. The van der Waals surface area contributed by atoms with E-state index in [0.29, 0.717) is 6.61 Å². The summed E-state index contributed by atoms with van der Waals surface area (Å²) in [7, 11) is 1.67. The van der Waals surface area contributed by atoms with Gasteiger partial charge in [-0.15, -0.1) is 0 Å². The maximum Gasteiger partial charge on any atom is 0.127 e. The first-order valence-corrected chi connectivity index (χ1v) is 6.71. The maximum atomic E-state index is 5.64. The molecular weight excluding hydrogens is 236 g/mol. The summed E-state index contributed by atoms with van der Waals surface area (Å²) in [6, 6.07) is 16.0. The zero-order valence-corrected chi connectivity index (χ0v) is 12.1. The van der Waals surface area contributed by atoms with Gasteiger partial charge in [-0.1, -0.05) is 44.2 Å². The molecule has 0 unspecified atom stereocenters. The molecule has 0 bridgehead atoms. The molecule has 0 amide bonds. The van der Waals surface area contributed by atoms with E-state index in [1.807, 2.05) is 57.2 Å². The number of benzene rings is 2. The van der Waals surface area contributed by atoms with E-state index in [4.69, 9.17) is 9.47 Å². The zero-order valence-electron chi connectivity index (χ0n) is 12.1. The van der Waals surface area contributed by atoms with Crippen LogP contribution in [0.5, 0.6) is 11.5 Å². The van der Waals surface area contributed by atoms with Crippen LogP contribution in [0.3, 0.4) is 0 Å². The van der Waals surface area contributed by atoms with Gasteiger partial charge in [0.05, 0.1) is 13.7 Å². The average Bonchev–Trinajstić information content (AvgIpc) is 2.51. The Morgan fingerprint density at radius 3 is 2.21 bits per heavy atom. The zero-order chi connectivity index (χ0) is 14.1. The van der Waals surface area contributed by atoms with E-state index in [1.165, 1.54) is 0 Å². The van der Waals surface area contributed by atoms with Gasteiger partial charge in [0, 0.05) is 5.56 Å². The van der Waals surface area contributed by atoms with Gasteiger partial charge in [0.25, 0.3) is 0 Å². The van der Waals surface area contributed by atoms with Gasteiger partial charge in [0.15, 0.2) is 0 Å². The molecule has 2 heteroatoms. The number of rotatable bonds is 4. The lowest BCUT2D eigenvalue weighted by Crippen LogP contribution is -1.94. The van der Waals surface area contributed by atoms with Crippen molar-refractivity contribution in [2.45, 2.75) is 20.8 Å². The molecule has 2 aromatic rings. The molecule has 102 valence electrons. The lowest BCUT2D eigenvalue weighted by Gasteiger charge is -2.11. The molecule has 2 aromatic carbocycles. The van der Waals surface area contributed by atoms with Crippen LogP contribution in [0, 0.1) is 0 Å². The van der Waals surface area contributed by atoms with Gasteiger partial charge in [0.2, 0.25) is 0 Å². The Labute approximate surface area is 116 Å². The van der Waals surface area contributed by atoms with Crippen LogP contribution in [0.1, 0.15) is 20.8 Å². The van der Waals surface area contributed by atoms with E-state index >= 15 is 0 Å². The van der Waals surface area contributed by atoms with Crippen LogP contribution in [0.25, 0.3) is 11.1 Å². The third kappa shape index (κ3) is 4.02. The molecule has 0 aliphatic rings. The van der Waals surface area contributed by atoms with Gasteiger partial charge in [-0.05, 0) is 30.7 Å². The Balaban J connectivity index is 0.000000861. The summed E-state index contributed by atoms with van der Waals surface area (Å²) in [5, 5.41) is 0. The van der Waals surface area contributed by atoms with Crippen LogP contribution >= 0.6 is 0 Å². The van der Waals surface area contributed by atoms with Crippen molar-refractivity contribution in [3.05, 3.63) is 48.5 Å². The maximum absolute atomic E-state index is 5.64. The fourth-order valence-electron chi connectivity index (χ4n) is 1.76. The standard InChI is InChI=1S/C15H16O2.C2H6/c1-3-17-15-10-9-13(16-2)11-14(15)12-7-5-4-6-8-12;1-2/h4-11H,3H2,1-2H3;1-2H3. The van der Waals surface area contributed by atoms with Crippen molar-refractivity contribution in [3.8, 4) is 22.6 Å². The van der Waals surface area contributed by atoms with E-state index in [0.717, 1.165) is 22.6 Å². The summed E-state index contributed by atoms with van der Waals surface area (Å²) in [5.74, 6) is 1.73. The molecule has 0 aromatic heterocycles. The first kappa shape index (κ1) is 15.1. The second kappa shape index (κ2) is 8.20. The summed E-state index contributed by atoms with van der Waals surface area (Å²) in [5.41, 5.74) is 2.20. The predicted octanol–water partition coefficient (Wildman–Crippen LogP) is 4.79. The minimum atomic E-state index is 0.659. The highest BCUT2D eigenvalue weighted by Crippen LogP contribution is 2.33. The van der Waals surface area contributed by atoms with Gasteiger partial charge in [-0.25, -0.2) is 0 Å². The van der Waals surface area contributed by atoms with Crippen LogP contribution in [0.2, 0.25) is 0 Å². The first-order valence-electron chi connectivity index (χ1n) is 6.71. The third-order valence-electron chi connectivity index (χ3n) is 2.57. The summed E-state index contributed by atoms with van der Waals surface area (Å²) >= 11 is 0. The van der Waals surface area contributed by atoms with Crippen LogP contribution in [0.4, 0.5) is 0 Å². The Morgan fingerprint density at radius 2 is 1.63 bits per heavy atom. The van der Waals surface area contributed by atoms with Crippen LogP contribution in [-0.4, -0.2) is 13.7 Å². The molecule has 0 aliphatic carbocycles. The number of ether oxygens (including phenoxy) is 2. The van der Waals surface area contributed by atoms with Crippen LogP contribution in [0.15, 0.2) is 48.5 Å². The van der Waals surface area contributed by atoms with Crippen molar-refractivity contribution in [2.75, 3.05) is 13.7 Å².